The van der Waals surface area contributed by atoms with Crippen LogP contribution in [0.1, 0.15) is 21.6 Å². The molecule has 1 amide bonds. The molecule has 0 radical (unpaired) electrons. The van der Waals surface area contributed by atoms with Crippen LogP contribution in [0.3, 0.4) is 0 Å². The van der Waals surface area contributed by atoms with E-state index in [2.05, 4.69) is 42.3 Å². The first kappa shape index (κ1) is 18.7. The van der Waals surface area contributed by atoms with Crippen LogP contribution in [-0.2, 0) is 20.2 Å². The molecule has 0 unspecified atom stereocenters. The smallest absolute Gasteiger partial charge is 0.251 e. The lowest BCUT2D eigenvalue weighted by molar-refractivity contribution is 0.0950. The quantitative estimate of drug-likeness (QED) is 0.569. The fraction of sp³-hybridized carbons (Fsp3) is 0.158. The molecule has 1 heterocycles. The number of halogens is 2. The minimum atomic E-state index is -0.137. The third kappa shape index (κ3) is 4.74. The van der Waals surface area contributed by atoms with E-state index >= 15 is 0 Å². The van der Waals surface area contributed by atoms with Gasteiger partial charge < -0.3 is 10.1 Å². The Morgan fingerprint density at radius 1 is 1.19 bits per heavy atom. The second-order valence-electron chi connectivity index (χ2n) is 5.69. The van der Waals surface area contributed by atoms with Gasteiger partial charge in [0.05, 0.1) is 22.9 Å². The molecule has 3 aromatic rings. The molecule has 5 nitrogen and oxygen atoms in total. The van der Waals surface area contributed by atoms with E-state index in [1.165, 1.54) is 0 Å². The molecule has 0 bridgehead atoms. The highest BCUT2D eigenvalue weighted by molar-refractivity contribution is 9.10. The maximum atomic E-state index is 12.4. The summed E-state index contributed by atoms with van der Waals surface area (Å²) in [5.74, 6) is 0.637. The molecule has 0 saturated carbocycles. The fourth-order valence-electron chi connectivity index (χ4n) is 2.43. The number of ether oxygens (including phenoxy) is 1. The monoisotopic (exact) mass is 477 g/mol. The van der Waals surface area contributed by atoms with Crippen molar-refractivity contribution in [2.24, 2.45) is 7.05 Å². The van der Waals surface area contributed by atoms with Crippen LogP contribution in [0.4, 0.5) is 0 Å². The summed E-state index contributed by atoms with van der Waals surface area (Å²) in [6, 6.07) is 15.1. The van der Waals surface area contributed by atoms with Gasteiger partial charge in [-0.25, -0.2) is 0 Å². The zero-order valence-corrected chi connectivity index (χ0v) is 17.2. The van der Waals surface area contributed by atoms with E-state index < -0.39 is 0 Å². The Kier molecular flexibility index (Phi) is 6.11. The standard InChI is InChI=1S/C19H17Br2N3O2/c1-24-18(17(21)10-23-24)11-22-19(25)14-5-2-4-13(8-14)12-26-16-7-3-6-15(20)9-16/h2-10H,11-12H2,1H3,(H,22,25). The van der Waals surface area contributed by atoms with E-state index in [4.69, 9.17) is 4.74 Å². The van der Waals surface area contributed by atoms with Crippen LogP contribution in [0.15, 0.2) is 63.7 Å². The summed E-state index contributed by atoms with van der Waals surface area (Å²) in [6.45, 7) is 0.791. The maximum Gasteiger partial charge on any atom is 0.251 e. The Morgan fingerprint density at radius 3 is 2.73 bits per heavy atom. The second kappa shape index (κ2) is 8.51. The zero-order chi connectivity index (χ0) is 18.5. The first-order valence-corrected chi connectivity index (χ1v) is 9.53. The molecule has 0 atom stereocenters. The minimum absolute atomic E-state index is 0.137. The van der Waals surface area contributed by atoms with E-state index in [-0.39, 0.29) is 5.91 Å². The predicted octanol–water partition coefficient (Wildman–Crippen LogP) is 4.45. The highest BCUT2D eigenvalue weighted by atomic mass is 79.9. The third-order valence-corrected chi connectivity index (χ3v) is 4.97. The molecule has 0 saturated heterocycles. The normalized spacial score (nSPS) is 10.6. The maximum absolute atomic E-state index is 12.4. The molecule has 26 heavy (non-hydrogen) atoms. The number of amides is 1. The second-order valence-corrected chi connectivity index (χ2v) is 7.46. The lowest BCUT2D eigenvalue weighted by Gasteiger charge is -2.09. The van der Waals surface area contributed by atoms with Gasteiger partial charge in [0.2, 0.25) is 0 Å². The summed E-state index contributed by atoms with van der Waals surface area (Å²) < 4.78 is 9.34. The summed E-state index contributed by atoms with van der Waals surface area (Å²) in [4.78, 5) is 12.4. The van der Waals surface area contributed by atoms with Crippen molar-refractivity contribution in [3.63, 3.8) is 0 Å². The summed E-state index contributed by atoms with van der Waals surface area (Å²) in [6.07, 6.45) is 1.71. The number of rotatable bonds is 6. The number of carbonyl (C=O) groups is 1. The predicted molar refractivity (Wildman–Crippen MR) is 107 cm³/mol. The summed E-state index contributed by atoms with van der Waals surface area (Å²) in [5, 5.41) is 7.05. The van der Waals surface area contributed by atoms with Crippen molar-refractivity contribution in [3.05, 3.63) is 80.5 Å². The molecular formula is C19H17Br2N3O2. The molecular weight excluding hydrogens is 462 g/mol. The summed E-state index contributed by atoms with van der Waals surface area (Å²) in [7, 11) is 1.84. The Bertz CT molecular complexity index is 905. The van der Waals surface area contributed by atoms with E-state index in [1.54, 1.807) is 16.9 Å². The lowest BCUT2D eigenvalue weighted by atomic mass is 10.1. The van der Waals surface area contributed by atoms with Gasteiger partial charge in [-0.1, -0.05) is 34.1 Å². The Morgan fingerprint density at radius 2 is 2.00 bits per heavy atom. The van der Waals surface area contributed by atoms with E-state index in [1.807, 2.05) is 49.5 Å². The number of nitrogens with zero attached hydrogens (tertiary/aromatic N) is 2. The average molecular weight is 479 g/mol. The van der Waals surface area contributed by atoms with Gasteiger partial charge in [0.1, 0.15) is 12.4 Å². The van der Waals surface area contributed by atoms with Crippen LogP contribution in [0.25, 0.3) is 0 Å². The Hall–Kier alpha value is -2.12. The van der Waals surface area contributed by atoms with Crippen LogP contribution in [0.5, 0.6) is 5.75 Å². The molecule has 0 aliphatic heterocycles. The third-order valence-electron chi connectivity index (χ3n) is 3.82. The molecule has 1 N–H and O–H groups in total. The van der Waals surface area contributed by atoms with E-state index in [0.29, 0.717) is 18.7 Å². The summed E-state index contributed by atoms with van der Waals surface area (Å²) >= 11 is 6.85. The first-order valence-electron chi connectivity index (χ1n) is 7.95. The molecule has 0 aliphatic carbocycles. The highest BCUT2D eigenvalue weighted by Crippen LogP contribution is 2.19. The summed E-state index contributed by atoms with van der Waals surface area (Å²) in [5.41, 5.74) is 2.44. The molecule has 3 rings (SSSR count). The van der Waals surface area contributed by atoms with Gasteiger partial charge in [-0.2, -0.15) is 5.10 Å². The van der Waals surface area contributed by atoms with Crippen molar-refractivity contribution in [2.45, 2.75) is 13.2 Å². The van der Waals surface area contributed by atoms with Crippen LogP contribution in [-0.4, -0.2) is 15.7 Å². The van der Waals surface area contributed by atoms with Gasteiger partial charge in [-0.05, 0) is 51.8 Å². The van der Waals surface area contributed by atoms with Crippen LogP contribution in [0.2, 0.25) is 0 Å². The highest BCUT2D eigenvalue weighted by Gasteiger charge is 2.10. The number of aromatic nitrogens is 2. The van der Waals surface area contributed by atoms with Crippen molar-refractivity contribution in [2.75, 3.05) is 0 Å². The number of hydrogen-bond acceptors (Lipinski definition) is 3. The van der Waals surface area contributed by atoms with E-state index in [9.17, 15) is 4.79 Å². The van der Waals surface area contributed by atoms with Crippen LogP contribution >= 0.6 is 31.9 Å². The Labute approximate surface area is 168 Å². The lowest BCUT2D eigenvalue weighted by Crippen LogP contribution is -2.24. The van der Waals surface area contributed by atoms with Gasteiger partial charge in [-0.15, -0.1) is 0 Å². The van der Waals surface area contributed by atoms with Gasteiger partial charge in [0.15, 0.2) is 0 Å². The molecule has 134 valence electrons. The van der Waals surface area contributed by atoms with Gasteiger partial charge >= 0.3 is 0 Å². The fourth-order valence-corrected chi connectivity index (χ4v) is 3.29. The van der Waals surface area contributed by atoms with Crippen molar-refractivity contribution in [3.8, 4) is 5.75 Å². The molecule has 0 aliphatic rings. The zero-order valence-electron chi connectivity index (χ0n) is 14.1. The number of hydrogen-bond donors (Lipinski definition) is 1. The molecule has 1 aromatic heterocycles. The molecule has 2 aromatic carbocycles. The Balaban J connectivity index is 1.62. The minimum Gasteiger partial charge on any atom is -0.489 e. The first-order chi connectivity index (χ1) is 12.5. The van der Waals surface area contributed by atoms with Crippen LogP contribution in [0, 0.1) is 0 Å². The number of aryl methyl sites for hydroxylation is 1. The van der Waals surface area contributed by atoms with Gasteiger partial charge in [-0.3, -0.25) is 9.48 Å². The topological polar surface area (TPSA) is 56.2 Å². The molecule has 7 heteroatoms. The van der Waals surface area contributed by atoms with Crippen molar-refractivity contribution in [1.29, 1.82) is 0 Å². The molecule has 0 spiro atoms. The van der Waals surface area contributed by atoms with Crippen molar-refractivity contribution in [1.82, 2.24) is 15.1 Å². The number of carbonyl (C=O) groups excluding carboxylic acids is 1. The van der Waals surface area contributed by atoms with E-state index in [0.717, 1.165) is 26.0 Å². The number of benzene rings is 2. The molecule has 0 fully saturated rings. The largest absolute Gasteiger partial charge is 0.489 e. The van der Waals surface area contributed by atoms with Crippen molar-refractivity contribution >= 4 is 37.8 Å². The van der Waals surface area contributed by atoms with Gasteiger partial charge in [0.25, 0.3) is 5.91 Å². The number of nitrogens with one attached hydrogen (secondary N) is 1. The van der Waals surface area contributed by atoms with Crippen molar-refractivity contribution < 1.29 is 9.53 Å². The van der Waals surface area contributed by atoms with Gasteiger partial charge in [0, 0.05) is 17.1 Å². The SMILES string of the molecule is Cn1ncc(Br)c1CNC(=O)c1cccc(COc2cccc(Br)c2)c1. The van der Waals surface area contributed by atoms with Crippen LogP contribution < -0.4 is 10.1 Å². The average Bonchev–Trinajstić information content (AvgIpc) is 2.96.